The molecule has 3 atom stereocenters. The topological polar surface area (TPSA) is 0 Å². The fourth-order valence-electron chi connectivity index (χ4n) is 5.67. The number of rotatable bonds is 6. The van der Waals surface area contributed by atoms with Crippen molar-refractivity contribution in [3.8, 4) is 11.8 Å². The molecule has 2 aliphatic rings. The zero-order chi connectivity index (χ0) is 20.8. The molecule has 0 aromatic heterocycles. The molecule has 0 aliphatic heterocycles. The van der Waals surface area contributed by atoms with Crippen LogP contribution >= 0.6 is 11.6 Å². The molecule has 0 heterocycles. The summed E-state index contributed by atoms with van der Waals surface area (Å²) < 4.78 is 0. The number of benzene rings is 2. The van der Waals surface area contributed by atoms with Gasteiger partial charge in [0.2, 0.25) is 0 Å². The predicted octanol–water partition coefficient (Wildman–Crippen LogP) is 8.55. The molecule has 2 aliphatic carbocycles. The van der Waals surface area contributed by atoms with Gasteiger partial charge in [-0.25, -0.2) is 0 Å². The highest BCUT2D eigenvalue weighted by atomic mass is 35.5. The minimum atomic E-state index is 0.759. The first-order chi connectivity index (χ1) is 14.7. The van der Waals surface area contributed by atoms with E-state index in [9.17, 15) is 0 Å². The molecule has 4 rings (SSSR count). The largest absolute Gasteiger partial charge is 0.0843 e. The number of aryl methyl sites for hydroxylation is 1. The molecular weight excluding hydrogens is 384 g/mol. The van der Waals surface area contributed by atoms with Gasteiger partial charge in [-0.2, -0.15) is 0 Å². The fraction of sp³-hybridized carbons (Fsp3) is 0.517. The third-order valence-electron chi connectivity index (χ3n) is 7.33. The van der Waals surface area contributed by atoms with Gasteiger partial charge in [-0.1, -0.05) is 75.0 Å². The first kappa shape index (κ1) is 21.5. The van der Waals surface area contributed by atoms with Gasteiger partial charge in [-0.05, 0) is 97.4 Å². The number of fused-ring (bicyclic) bond motifs is 3. The zero-order valence-electron chi connectivity index (χ0n) is 18.4. The van der Waals surface area contributed by atoms with Crippen molar-refractivity contribution in [1.82, 2.24) is 0 Å². The van der Waals surface area contributed by atoms with Crippen molar-refractivity contribution in [1.29, 1.82) is 0 Å². The van der Waals surface area contributed by atoms with Crippen LogP contribution in [0.2, 0.25) is 5.02 Å². The lowest BCUT2D eigenvalue weighted by Gasteiger charge is -2.40. The lowest BCUT2D eigenvalue weighted by atomic mass is 9.64. The van der Waals surface area contributed by atoms with Crippen molar-refractivity contribution in [2.75, 3.05) is 0 Å². The Hall–Kier alpha value is -1.71. The molecule has 158 valence electrons. The highest BCUT2D eigenvalue weighted by Crippen LogP contribution is 2.48. The molecule has 0 N–H and O–H groups in total. The monoisotopic (exact) mass is 418 g/mol. The third-order valence-corrected chi connectivity index (χ3v) is 7.58. The lowest BCUT2D eigenvalue weighted by molar-refractivity contribution is 0.199. The highest BCUT2D eigenvalue weighted by Gasteiger charge is 2.34. The lowest BCUT2D eigenvalue weighted by Crippen LogP contribution is -2.28. The van der Waals surface area contributed by atoms with E-state index in [0.717, 1.165) is 33.9 Å². The summed E-state index contributed by atoms with van der Waals surface area (Å²) in [5, 5.41) is 0.759. The average Bonchev–Trinajstić information content (AvgIpc) is 2.78. The summed E-state index contributed by atoms with van der Waals surface area (Å²) >= 11 is 5.97. The van der Waals surface area contributed by atoms with Gasteiger partial charge in [0.1, 0.15) is 0 Å². The summed E-state index contributed by atoms with van der Waals surface area (Å²) in [7, 11) is 0. The molecule has 2 aromatic carbocycles. The summed E-state index contributed by atoms with van der Waals surface area (Å²) in [5.41, 5.74) is 5.34. The van der Waals surface area contributed by atoms with E-state index in [1.807, 2.05) is 24.3 Å². The van der Waals surface area contributed by atoms with E-state index >= 15 is 0 Å². The van der Waals surface area contributed by atoms with Crippen LogP contribution in [-0.4, -0.2) is 0 Å². The van der Waals surface area contributed by atoms with Crippen molar-refractivity contribution < 1.29 is 0 Å². The molecule has 0 bridgehead atoms. The summed E-state index contributed by atoms with van der Waals surface area (Å²) in [6, 6.07) is 14.8. The Bertz CT molecular complexity index is 883. The van der Waals surface area contributed by atoms with E-state index in [4.69, 9.17) is 11.6 Å². The van der Waals surface area contributed by atoms with Crippen molar-refractivity contribution in [3.63, 3.8) is 0 Å². The Labute approximate surface area is 188 Å². The van der Waals surface area contributed by atoms with Crippen LogP contribution in [-0.2, 0) is 6.42 Å². The summed E-state index contributed by atoms with van der Waals surface area (Å²) in [5.74, 6) is 9.33. The predicted molar refractivity (Wildman–Crippen MR) is 129 cm³/mol. The molecule has 0 nitrogen and oxygen atoms in total. The minimum absolute atomic E-state index is 0.759. The van der Waals surface area contributed by atoms with Crippen molar-refractivity contribution >= 4 is 11.6 Å². The molecule has 0 saturated heterocycles. The number of hydrogen-bond donors (Lipinski definition) is 0. The molecular formula is C29H35Cl. The molecule has 0 spiro atoms. The maximum absolute atomic E-state index is 5.97. The van der Waals surface area contributed by atoms with Gasteiger partial charge in [0.25, 0.3) is 0 Å². The van der Waals surface area contributed by atoms with Gasteiger partial charge in [0.15, 0.2) is 0 Å². The Balaban J connectivity index is 1.36. The van der Waals surface area contributed by atoms with Gasteiger partial charge in [-0.3, -0.25) is 0 Å². The van der Waals surface area contributed by atoms with E-state index in [1.165, 1.54) is 70.6 Å². The van der Waals surface area contributed by atoms with Gasteiger partial charge in [-0.15, -0.1) is 0 Å². The molecule has 1 saturated carbocycles. The Morgan fingerprint density at radius 3 is 2.47 bits per heavy atom. The van der Waals surface area contributed by atoms with Crippen molar-refractivity contribution in [2.24, 2.45) is 11.8 Å². The van der Waals surface area contributed by atoms with E-state index in [1.54, 1.807) is 11.1 Å². The van der Waals surface area contributed by atoms with E-state index in [0.29, 0.717) is 0 Å². The first-order valence-electron chi connectivity index (χ1n) is 12.1. The summed E-state index contributed by atoms with van der Waals surface area (Å²) in [4.78, 5) is 0. The minimum Gasteiger partial charge on any atom is -0.0843 e. The number of hydrogen-bond acceptors (Lipinski definition) is 0. The van der Waals surface area contributed by atoms with Crippen LogP contribution in [0, 0.1) is 23.7 Å². The number of unbranched alkanes of at least 4 members (excludes halogenated alkanes) is 4. The first-order valence-corrected chi connectivity index (χ1v) is 12.5. The average molecular weight is 419 g/mol. The Morgan fingerprint density at radius 2 is 1.63 bits per heavy atom. The maximum atomic E-state index is 5.97. The summed E-state index contributed by atoms with van der Waals surface area (Å²) in [6.07, 6.45) is 15.5. The molecule has 3 unspecified atom stereocenters. The second-order valence-corrected chi connectivity index (χ2v) is 9.89. The standard InChI is InChI=1S/C29H35Cl/c1-2-3-4-5-6-7-23-12-18-28-25(20-23)14-15-26-21-24(13-19-29(26)28)9-8-22-10-16-27(30)17-11-22/h10-11,13,16-17,19,21,23,25,28H,2-7,12,14-15,18,20H2,1H3. The SMILES string of the molecule is CCCCCCCC1CCC2c3ccc(C#Cc4ccc(Cl)cc4)cc3CCC2C1. The van der Waals surface area contributed by atoms with Crippen LogP contribution in [0.4, 0.5) is 0 Å². The molecule has 1 fully saturated rings. The normalized spacial score (nSPS) is 22.5. The Kier molecular flexibility index (Phi) is 7.57. The fourth-order valence-corrected chi connectivity index (χ4v) is 5.79. The van der Waals surface area contributed by atoms with Gasteiger partial charge in [0, 0.05) is 16.1 Å². The molecule has 0 amide bonds. The zero-order valence-corrected chi connectivity index (χ0v) is 19.2. The van der Waals surface area contributed by atoms with Gasteiger partial charge >= 0.3 is 0 Å². The highest BCUT2D eigenvalue weighted by molar-refractivity contribution is 6.30. The second kappa shape index (κ2) is 10.5. The van der Waals surface area contributed by atoms with Crippen molar-refractivity contribution in [3.05, 3.63) is 69.7 Å². The van der Waals surface area contributed by atoms with Crippen LogP contribution in [0.1, 0.15) is 99.3 Å². The van der Waals surface area contributed by atoms with E-state index in [2.05, 4.69) is 37.0 Å². The Morgan fingerprint density at radius 1 is 0.867 bits per heavy atom. The van der Waals surface area contributed by atoms with E-state index in [-0.39, 0.29) is 0 Å². The summed E-state index contributed by atoms with van der Waals surface area (Å²) in [6.45, 7) is 2.30. The van der Waals surface area contributed by atoms with E-state index < -0.39 is 0 Å². The van der Waals surface area contributed by atoms with Crippen LogP contribution in [0.15, 0.2) is 42.5 Å². The second-order valence-electron chi connectivity index (χ2n) is 9.46. The van der Waals surface area contributed by atoms with Crippen LogP contribution in [0.25, 0.3) is 0 Å². The molecule has 1 heteroatoms. The third kappa shape index (κ3) is 5.50. The van der Waals surface area contributed by atoms with Crippen LogP contribution in [0.5, 0.6) is 0 Å². The smallest absolute Gasteiger partial charge is 0.0406 e. The number of halogens is 1. The van der Waals surface area contributed by atoms with Crippen molar-refractivity contribution in [2.45, 2.75) is 83.5 Å². The molecule has 0 radical (unpaired) electrons. The van der Waals surface area contributed by atoms with Gasteiger partial charge < -0.3 is 0 Å². The molecule has 30 heavy (non-hydrogen) atoms. The molecule has 2 aromatic rings. The maximum Gasteiger partial charge on any atom is 0.0406 e. The van der Waals surface area contributed by atoms with Crippen LogP contribution < -0.4 is 0 Å². The quantitative estimate of drug-likeness (QED) is 0.325. The van der Waals surface area contributed by atoms with Gasteiger partial charge in [0.05, 0.1) is 0 Å². The van der Waals surface area contributed by atoms with Crippen LogP contribution in [0.3, 0.4) is 0 Å².